The second-order valence-corrected chi connectivity index (χ2v) is 7.07. The summed E-state index contributed by atoms with van der Waals surface area (Å²) in [6.07, 6.45) is 0. The number of rotatable bonds is 4. The Morgan fingerprint density at radius 3 is 1.56 bits per heavy atom. The second-order valence-electron chi connectivity index (χ2n) is 4.56. The molecule has 0 amide bonds. The maximum Gasteiger partial charge on any atom is 0.204 e. The minimum absolute atomic E-state index is 0.163. The van der Waals surface area contributed by atoms with Crippen LogP contribution in [0.5, 0.6) is 0 Å². The Morgan fingerprint density at radius 2 is 1.22 bits per heavy atom. The van der Waals surface area contributed by atoms with Gasteiger partial charge in [-0.05, 0) is 38.1 Å². The van der Waals surface area contributed by atoms with Crippen molar-refractivity contribution in [2.45, 2.75) is 19.9 Å². The lowest BCUT2D eigenvalue weighted by Crippen LogP contribution is -2.31. The van der Waals surface area contributed by atoms with Crippen LogP contribution in [0.25, 0.3) is 0 Å². The molecule has 0 aliphatic carbocycles. The average Bonchev–Trinajstić information content (AvgIpc) is 2.40. The molecule has 2 aromatic carbocycles. The second kappa shape index (κ2) is 5.51. The quantitative estimate of drug-likeness (QED) is 0.855. The third-order valence-electron chi connectivity index (χ3n) is 2.68. The van der Waals surface area contributed by atoms with E-state index in [0.717, 1.165) is 10.6 Å². The van der Waals surface area contributed by atoms with Crippen molar-refractivity contribution in [3.8, 4) is 0 Å². The van der Waals surface area contributed by atoms with Gasteiger partial charge < -0.3 is 0 Å². The van der Waals surface area contributed by atoms with Gasteiger partial charge in [0, 0.05) is 16.7 Å². The van der Waals surface area contributed by atoms with E-state index in [4.69, 9.17) is 0 Å². The Kier molecular flexibility index (Phi) is 4.00. The van der Waals surface area contributed by atoms with Gasteiger partial charge in [-0.15, -0.1) is 0 Å². The van der Waals surface area contributed by atoms with Gasteiger partial charge >= 0.3 is 0 Å². The van der Waals surface area contributed by atoms with E-state index in [9.17, 15) is 4.57 Å². The molecule has 1 N–H and O–H groups in total. The highest BCUT2D eigenvalue weighted by Crippen LogP contribution is 2.38. The van der Waals surface area contributed by atoms with Crippen molar-refractivity contribution in [1.82, 2.24) is 5.09 Å². The number of benzene rings is 2. The maximum absolute atomic E-state index is 13.3. The molecule has 0 fully saturated rings. The summed E-state index contributed by atoms with van der Waals surface area (Å²) in [5, 5.41) is 4.95. The van der Waals surface area contributed by atoms with Gasteiger partial charge in [-0.3, -0.25) is 9.65 Å². The third-order valence-corrected chi connectivity index (χ3v) is 5.61. The molecule has 0 aliphatic rings. The summed E-state index contributed by atoms with van der Waals surface area (Å²) in [6.45, 7) is 4.02. The Morgan fingerprint density at radius 1 is 0.833 bits per heavy atom. The van der Waals surface area contributed by atoms with Crippen molar-refractivity contribution >= 4 is 17.9 Å². The van der Waals surface area contributed by atoms with Crippen LogP contribution in [0.1, 0.15) is 13.8 Å². The molecule has 0 atom stereocenters. The van der Waals surface area contributed by atoms with Crippen LogP contribution < -0.4 is 15.7 Å². The van der Waals surface area contributed by atoms with E-state index < -0.39 is 7.29 Å². The molecule has 0 heterocycles. The predicted octanol–water partition coefficient (Wildman–Crippen LogP) is 2.91. The van der Waals surface area contributed by atoms with Crippen LogP contribution in [-0.2, 0) is 4.57 Å². The lowest BCUT2D eigenvalue weighted by atomic mass is 10.4. The summed E-state index contributed by atoms with van der Waals surface area (Å²) < 4.78 is 13.3. The fraction of sp³-hybridized carbons (Fsp3) is 0.200. The van der Waals surface area contributed by atoms with Gasteiger partial charge in [0.25, 0.3) is 0 Å². The van der Waals surface area contributed by atoms with Crippen LogP contribution in [0.4, 0.5) is 0 Å². The Labute approximate surface area is 108 Å². The standard InChI is InChI=1S/C15H18NOP/c1-13(2)16-18(17,14-9-5-3-6-10-14)15-11-7-4-8-12-15/h3-13H,1-2H3,(H,16,17). The van der Waals surface area contributed by atoms with Gasteiger partial charge in [0.2, 0.25) is 7.29 Å². The molecule has 0 radical (unpaired) electrons. The zero-order chi connectivity index (χ0) is 13.0. The highest BCUT2D eigenvalue weighted by molar-refractivity contribution is 7.76. The molecule has 94 valence electrons. The lowest BCUT2D eigenvalue weighted by molar-refractivity contribution is 0.570. The fourth-order valence-electron chi connectivity index (χ4n) is 1.94. The normalized spacial score (nSPS) is 11.7. The van der Waals surface area contributed by atoms with Crippen molar-refractivity contribution in [2.75, 3.05) is 0 Å². The molecular formula is C15H18NOP. The minimum Gasteiger partial charge on any atom is -0.297 e. The highest BCUT2D eigenvalue weighted by atomic mass is 31.2. The molecular weight excluding hydrogens is 241 g/mol. The van der Waals surface area contributed by atoms with Crippen molar-refractivity contribution in [1.29, 1.82) is 0 Å². The zero-order valence-corrected chi connectivity index (χ0v) is 11.6. The van der Waals surface area contributed by atoms with Gasteiger partial charge in [0.15, 0.2) is 0 Å². The topological polar surface area (TPSA) is 29.1 Å². The predicted molar refractivity (Wildman–Crippen MR) is 78.0 cm³/mol. The molecule has 3 heteroatoms. The van der Waals surface area contributed by atoms with E-state index >= 15 is 0 Å². The van der Waals surface area contributed by atoms with E-state index in [1.54, 1.807) is 0 Å². The lowest BCUT2D eigenvalue weighted by Gasteiger charge is -2.22. The summed E-state index contributed by atoms with van der Waals surface area (Å²) in [7, 11) is -2.73. The minimum atomic E-state index is -2.73. The van der Waals surface area contributed by atoms with Gasteiger partial charge in [0.1, 0.15) is 0 Å². The smallest absolute Gasteiger partial charge is 0.204 e. The van der Waals surface area contributed by atoms with Crippen LogP contribution in [0.2, 0.25) is 0 Å². The average molecular weight is 259 g/mol. The fourth-order valence-corrected chi connectivity index (χ4v) is 4.45. The van der Waals surface area contributed by atoms with Crippen LogP contribution >= 0.6 is 7.29 Å². The van der Waals surface area contributed by atoms with Gasteiger partial charge in [-0.1, -0.05) is 36.4 Å². The van der Waals surface area contributed by atoms with Crippen LogP contribution in [0.3, 0.4) is 0 Å². The van der Waals surface area contributed by atoms with Crippen LogP contribution in [0.15, 0.2) is 60.7 Å². The first-order valence-electron chi connectivity index (χ1n) is 6.12. The summed E-state index contributed by atoms with van der Waals surface area (Å²) in [4.78, 5) is 0. The van der Waals surface area contributed by atoms with E-state index in [0.29, 0.717) is 0 Å². The highest BCUT2D eigenvalue weighted by Gasteiger charge is 2.27. The van der Waals surface area contributed by atoms with Crippen molar-refractivity contribution in [3.05, 3.63) is 60.7 Å². The van der Waals surface area contributed by atoms with Crippen LogP contribution in [-0.4, -0.2) is 6.04 Å². The molecule has 0 saturated carbocycles. The van der Waals surface area contributed by atoms with Crippen LogP contribution in [0, 0.1) is 0 Å². The summed E-state index contributed by atoms with van der Waals surface area (Å²) in [5.74, 6) is 0. The number of hydrogen-bond donors (Lipinski definition) is 1. The Balaban J connectivity index is 2.52. The maximum atomic E-state index is 13.3. The molecule has 0 bridgehead atoms. The molecule has 0 unspecified atom stereocenters. The molecule has 0 saturated heterocycles. The largest absolute Gasteiger partial charge is 0.297 e. The molecule has 0 spiro atoms. The molecule has 2 aromatic rings. The number of nitrogens with one attached hydrogen (secondary N) is 1. The monoisotopic (exact) mass is 259 g/mol. The van der Waals surface area contributed by atoms with Gasteiger partial charge in [-0.25, -0.2) is 0 Å². The van der Waals surface area contributed by atoms with E-state index in [1.165, 1.54) is 0 Å². The molecule has 2 rings (SSSR count). The van der Waals surface area contributed by atoms with Crippen molar-refractivity contribution < 1.29 is 4.57 Å². The molecule has 0 aliphatic heterocycles. The summed E-state index contributed by atoms with van der Waals surface area (Å²) in [6, 6.07) is 19.4. The van der Waals surface area contributed by atoms with Crippen molar-refractivity contribution in [2.24, 2.45) is 0 Å². The van der Waals surface area contributed by atoms with E-state index in [2.05, 4.69) is 5.09 Å². The molecule has 2 nitrogen and oxygen atoms in total. The third kappa shape index (κ3) is 2.72. The van der Waals surface area contributed by atoms with Crippen molar-refractivity contribution in [3.63, 3.8) is 0 Å². The van der Waals surface area contributed by atoms with E-state index in [1.807, 2.05) is 74.5 Å². The molecule has 0 aromatic heterocycles. The first-order valence-corrected chi connectivity index (χ1v) is 7.82. The number of hydrogen-bond acceptors (Lipinski definition) is 1. The van der Waals surface area contributed by atoms with Gasteiger partial charge in [0.05, 0.1) is 0 Å². The Bertz CT molecular complexity index is 493. The summed E-state index contributed by atoms with van der Waals surface area (Å²) >= 11 is 0. The summed E-state index contributed by atoms with van der Waals surface area (Å²) in [5.41, 5.74) is 0. The zero-order valence-electron chi connectivity index (χ0n) is 10.7. The molecule has 18 heavy (non-hydrogen) atoms. The van der Waals surface area contributed by atoms with Gasteiger partial charge in [-0.2, -0.15) is 0 Å². The SMILES string of the molecule is CC(C)NP(=O)(c1ccccc1)c1ccccc1. The first-order chi connectivity index (χ1) is 8.63. The Hall–Kier alpha value is -1.37. The first kappa shape index (κ1) is 13.1. The van der Waals surface area contributed by atoms with E-state index in [-0.39, 0.29) is 6.04 Å².